The van der Waals surface area contributed by atoms with Gasteiger partial charge in [-0.25, -0.2) is 4.79 Å². The molecule has 0 spiro atoms. The summed E-state index contributed by atoms with van der Waals surface area (Å²) in [6, 6.07) is 15.4. The Bertz CT molecular complexity index is 713. The molecule has 0 aliphatic heterocycles. The van der Waals surface area contributed by atoms with Crippen molar-refractivity contribution < 1.29 is 14.7 Å². The third-order valence-electron chi connectivity index (χ3n) is 3.17. The number of aliphatic carboxylic acids is 1. The minimum Gasteiger partial charge on any atom is -0.480 e. The van der Waals surface area contributed by atoms with Crippen LogP contribution in [0.1, 0.15) is 22.3 Å². The molecule has 2 aromatic rings. The van der Waals surface area contributed by atoms with Crippen molar-refractivity contribution in [2.45, 2.75) is 12.5 Å². The minimum atomic E-state index is -1.06. The van der Waals surface area contributed by atoms with E-state index in [9.17, 15) is 14.7 Å². The summed E-state index contributed by atoms with van der Waals surface area (Å²) in [5, 5.41) is 11.8. The first kappa shape index (κ1) is 17.0. The molecule has 0 saturated heterocycles. The van der Waals surface area contributed by atoms with Crippen LogP contribution in [-0.4, -0.2) is 23.0 Å². The number of amides is 1. The predicted molar refractivity (Wildman–Crippen MR) is 93.1 cm³/mol. The molecule has 0 unspecified atom stereocenters. The van der Waals surface area contributed by atoms with E-state index in [-0.39, 0.29) is 6.42 Å². The normalized spacial score (nSPS) is 12.0. The van der Waals surface area contributed by atoms with Crippen LogP contribution in [0.25, 0.3) is 6.08 Å². The summed E-state index contributed by atoms with van der Waals surface area (Å²) in [5.74, 6) is -1.47. The summed E-state index contributed by atoms with van der Waals surface area (Å²) in [6.07, 6.45) is 3.79. The third-order valence-corrected chi connectivity index (χ3v) is 3.67. The van der Waals surface area contributed by atoms with Crippen molar-refractivity contribution in [1.29, 1.82) is 0 Å². The van der Waals surface area contributed by atoms with Crippen molar-refractivity contribution in [2.75, 3.05) is 0 Å². The maximum atomic E-state index is 12.1. The van der Waals surface area contributed by atoms with Crippen molar-refractivity contribution in [3.63, 3.8) is 0 Å². The van der Waals surface area contributed by atoms with Gasteiger partial charge < -0.3 is 10.4 Å². The molecule has 0 bridgehead atoms. The fraction of sp³-hybridized carbons (Fsp3) is 0.111. The number of rotatable bonds is 6. The van der Waals surface area contributed by atoms with E-state index in [0.717, 1.165) is 10.0 Å². The van der Waals surface area contributed by atoms with E-state index in [1.807, 2.05) is 36.4 Å². The number of carbonyl (C=O) groups is 2. The van der Waals surface area contributed by atoms with E-state index in [0.29, 0.717) is 5.56 Å². The molecule has 0 aromatic heterocycles. The fourth-order valence-electron chi connectivity index (χ4n) is 2.00. The SMILES string of the molecule is O=C(N[C@@H](C/C=C/c1ccccc1)C(=O)O)c1cccc(Br)c1. The molecule has 118 valence electrons. The Hall–Kier alpha value is -2.40. The van der Waals surface area contributed by atoms with E-state index >= 15 is 0 Å². The minimum absolute atomic E-state index is 0.212. The van der Waals surface area contributed by atoms with Crippen LogP contribution in [0.5, 0.6) is 0 Å². The van der Waals surface area contributed by atoms with Crippen LogP contribution in [-0.2, 0) is 4.79 Å². The first-order valence-corrected chi connectivity index (χ1v) is 7.86. The lowest BCUT2D eigenvalue weighted by atomic mass is 10.1. The van der Waals surface area contributed by atoms with Crippen LogP contribution in [0, 0.1) is 0 Å². The van der Waals surface area contributed by atoms with E-state index in [2.05, 4.69) is 21.2 Å². The van der Waals surface area contributed by atoms with Crippen molar-refractivity contribution in [2.24, 2.45) is 0 Å². The standard InChI is InChI=1S/C18H16BrNO3/c19-15-10-5-9-14(12-15)17(21)20-16(18(22)23)11-4-8-13-6-2-1-3-7-13/h1-10,12,16H,11H2,(H,20,21)(H,22,23)/b8-4+/t16-/m0/s1. The zero-order chi connectivity index (χ0) is 16.7. The summed E-state index contributed by atoms with van der Waals surface area (Å²) in [7, 11) is 0. The van der Waals surface area contributed by atoms with Gasteiger partial charge >= 0.3 is 5.97 Å². The van der Waals surface area contributed by atoms with Gasteiger partial charge in [-0.2, -0.15) is 0 Å². The van der Waals surface area contributed by atoms with Crippen molar-refractivity contribution in [3.8, 4) is 0 Å². The van der Waals surface area contributed by atoms with Gasteiger partial charge in [-0.3, -0.25) is 4.79 Å². The largest absolute Gasteiger partial charge is 0.480 e. The van der Waals surface area contributed by atoms with Crippen LogP contribution >= 0.6 is 15.9 Å². The van der Waals surface area contributed by atoms with Crippen LogP contribution in [0.2, 0.25) is 0 Å². The van der Waals surface area contributed by atoms with Crippen molar-refractivity contribution in [3.05, 3.63) is 76.3 Å². The molecule has 0 fully saturated rings. The lowest BCUT2D eigenvalue weighted by molar-refractivity contribution is -0.139. The van der Waals surface area contributed by atoms with E-state index in [1.54, 1.807) is 30.3 Å². The summed E-state index contributed by atoms with van der Waals surface area (Å²) in [6.45, 7) is 0. The summed E-state index contributed by atoms with van der Waals surface area (Å²) >= 11 is 3.29. The molecule has 0 heterocycles. The topological polar surface area (TPSA) is 66.4 Å². The second kappa shape index (κ2) is 8.29. The molecule has 2 N–H and O–H groups in total. The molecule has 1 amide bonds. The van der Waals surface area contributed by atoms with Gasteiger partial charge in [0.25, 0.3) is 5.91 Å². The molecule has 2 aromatic carbocycles. The van der Waals surface area contributed by atoms with Gasteiger partial charge in [0.15, 0.2) is 0 Å². The Morgan fingerprint density at radius 3 is 2.52 bits per heavy atom. The molecule has 4 nitrogen and oxygen atoms in total. The number of carboxylic acids is 1. The molecule has 23 heavy (non-hydrogen) atoms. The lowest BCUT2D eigenvalue weighted by Crippen LogP contribution is -2.40. The lowest BCUT2D eigenvalue weighted by Gasteiger charge is -2.12. The van der Waals surface area contributed by atoms with Gasteiger partial charge in [0.05, 0.1) is 0 Å². The molecule has 2 rings (SSSR count). The van der Waals surface area contributed by atoms with Crippen molar-refractivity contribution >= 4 is 33.9 Å². The van der Waals surface area contributed by atoms with Crippen LogP contribution in [0.3, 0.4) is 0 Å². The smallest absolute Gasteiger partial charge is 0.326 e. The van der Waals surface area contributed by atoms with Crippen LogP contribution in [0.4, 0.5) is 0 Å². The van der Waals surface area contributed by atoms with Crippen molar-refractivity contribution in [1.82, 2.24) is 5.32 Å². The Balaban J connectivity index is 2.00. The van der Waals surface area contributed by atoms with Gasteiger partial charge in [-0.05, 0) is 30.2 Å². The van der Waals surface area contributed by atoms with Gasteiger partial charge in [-0.15, -0.1) is 0 Å². The van der Waals surface area contributed by atoms with Gasteiger partial charge in [0.1, 0.15) is 6.04 Å². The Kier molecular flexibility index (Phi) is 6.11. The van der Waals surface area contributed by atoms with E-state index in [4.69, 9.17) is 0 Å². The highest BCUT2D eigenvalue weighted by Crippen LogP contribution is 2.12. The Morgan fingerprint density at radius 2 is 1.87 bits per heavy atom. The second-order valence-electron chi connectivity index (χ2n) is 4.92. The van der Waals surface area contributed by atoms with Gasteiger partial charge in [-0.1, -0.05) is 64.5 Å². The molecule has 0 saturated carbocycles. The number of hydrogen-bond donors (Lipinski definition) is 2. The average Bonchev–Trinajstić information content (AvgIpc) is 2.54. The molecule has 0 radical (unpaired) electrons. The zero-order valence-corrected chi connectivity index (χ0v) is 13.9. The maximum absolute atomic E-state index is 12.1. The Labute approximate surface area is 143 Å². The highest BCUT2D eigenvalue weighted by molar-refractivity contribution is 9.10. The fourth-order valence-corrected chi connectivity index (χ4v) is 2.40. The first-order valence-electron chi connectivity index (χ1n) is 7.07. The summed E-state index contributed by atoms with van der Waals surface area (Å²) < 4.78 is 0.765. The highest BCUT2D eigenvalue weighted by Gasteiger charge is 2.19. The number of nitrogens with one attached hydrogen (secondary N) is 1. The second-order valence-corrected chi connectivity index (χ2v) is 5.84. The van der Waals surface area contributed by atoms with E-state index in [1.165, 1.54) is 0 Å². The molecular formula is C18H16BrNO3. The predicted octanol–water partition coefficient (Wildman–Crippen LogP) is 3.74. The molecule has 0 aliphatic carbocycles. The number of carbonyl (C=O) groups excluding carboxylic acids is 1. The van der Waals surface area contributed by atoms with E-state index < -0.39 is 17.9 Å². The number of benzene rings is 2. The molecule has 0 aliphatic rings. The maximum Gasteiger partial charge on any atom is 0.326 e. The molecule has 5 heteroatoms. The quantitative estimate of drug-likeness (QED) is 0.810. The summed E-state index contributed by atoms with van der Waals surface area (Å²) in [5.41, 5.74) is 1.40. The molecular weight excluding hydrogens is 358 g/mol. The van der Waals surface area contributed by atoms with Gasteiger partial charge in [0.2, 0.25) is 0 Å². The Morgan fingerprint density at radius 1 is 1.13 bits per heavy atom. The first-order chi connectivity index (χ1) is 11.1. The average molecular weight is 374 g/mol. The monoisotopic (exact) mass is 373 g/mol. The highest BCUT2D eigenvalue weighted by atomic mass is 79.9. The zero-order valence-electron chi connectivity index (χ0n) is 12.3. The van der Waals surface area contributed by atoms with Crippen LogP contribution in [0.15, 0.2) is 65.1 Å². The number of hydrogen-bond acceptors (Lipinski definition) is 2. The number of halogens is 1. The molecule has 1 atom stereocenters. The van der Waals surface area contributed by atoms with Gasteiger partial charge in [0, 0.05) is 10.0 Å². The third kappa shape index (κ3) is 5.38. The van der Waals surface area contributed by atoms with Crippen LogP contribution < -0.4 is 5.32 Å². The number of carboxylic acid groups (broad SMARTS) is 1. The summed E-state index contributed by atoms with van der Waals surface area (Å²) in [4.78, 5) is 23.4.